The van der Waals surface area contributed by atoms with E-state index in [-0.39, 0.29) is 0 Å². The van der Waals surface area contributed by atoms with E-state index in [9.17, 15) is 0 Å². The van der Waals surface area contributed by atoms with Crippen molar-refractivity contribution in [2.75, 3.05) is 12.4 Å². The largest absolute Gasteiger partial charge is 0.372 e. The van der Waals surface area contributed by atoms with Gasteiger partial charge in [0.25, 0.3) is 0 Å². The van der Waals surface area contributed by atoms with Gasteiger partial charge in [-0.2, -0.15) is 0 Å². The minimum absolute atomic E-state index is 0.740. The predicted octanol–water partition coefficient (Wildman–Crippen LogP) is 0.314. The normalized spacial score (nSPS) is 10.1. The average Bonchev–Trinajstić information content (AvgIpc) is 2.65. The van der Waals surface area contributed by atoms with Crippen LogP contribution in [0.1, 0.15) is 0 Å². The van der Waals surface area contributed by atoms with Gasteiger partial charge in [-0.3, -0.25) is 0 Å². The van der Waals surface area contributed by atoms with Gasteiger partial charge in [-0.1, -0.05) is 5.21 Å². The Morgan fingerprint density at radius 1 is 1.29 bits per heavy atom. The maximum absolute atomic E-state index is 4.04. The summed E-state index contributed by atoms with van der Waals surface area (Å²) in [5.41, 5.74) is 1.61. The lowest BCUT2D eigenvalue weighted by Crippen LogP contribution is -1.98. The van der Waals surface area contributed by atoms with Crippen LogP contribution >= 0.6 is 0 Å². The van der Waals surface area contributed by atoms with Gasteiger partial charge in [0.15, 0.2) is 0 Å². The second kappa shape index (κ2) is 3.41. The summed E-state index contributed by atoms with van der Waals surface area (Å²) in [6.07, 6.45) is 1.66. The second-order valence-electron chi connectivity index (χ2n) is 2.80. The standard InChI is InChI=1S/C8H10N6/c1-9-8-4-3-6(11-12-8)7-5-10-13-14(7)2/h3-5H,1-2H3,(H,9,12). The van der Waals surface area contributed by atoms with E-state index in [1.807, 2.05) is 19.2 Å². The molecule has 6 heteroatoms. The fourth-order valence-electron chi connectivity index (χ4n) is 1.12. The van der Waals surface area contributed by atoms with Crippen molar-refractivity contribution in [2.24, 2.45) is 7.05 Å². The van der Waals surface area contributed by atoms with Gasteiger partial charge in [-0.05, 0) is 12.1 Å². The summed E-state index contributed by atoms with van der Waals surface area (Å²) >= 11 is 0. The van der Waals surface area contributed by atoms with Gasteiger partial charge in [0, 0.05) is 14.1 Å². The molecule has 0 unspecified atom stereocenters. The molecule has 1 N–H and O–H groups in total. The topological polar surface area (TPSA) is 68.5 Å². The molecule has 14 heavy (non-hydrogen) atoms. The van der Waals surface area contributed by atoms with E-state index in [2.05, 4.69) is 25.8 Å². The van der Waals surface area contributed by atoms with E-state index < -0.39 is 0 Å². The first-order valence-corrected chi connectivity index (χ1v) is 4.18. The minimum atomic E-state index is 0.740. The van der Waals surface area contributed by atoms with E-state index in [4.69, 9.17) is 0 Å². The van der Waals surface area contributed by atoms with E-state index in [0.717, 1.165) is 17.2 Å². The number of nitrogens with one attached hydrogen (secondary N) is 1. The van der Waals surface area contributed by atoms with Crippen LogP contribution in [0.25, 0.3) is 11.4 Å². The summed E-state index contributed by atoms with van der Waals surface area (Å²) in [6, 6.07) is 3.73. The predicted molar refractivity (Wildman–Crippen MR) is 51.6 cm³/mol. The van der Waals surface area contributed by atoms with Crippen molar-refractivity contribution in [3.8, 4) is 11.4 Å². The van der Waals surface area contributed by atoms with Crippen LogP contribution in [-0.2, 0) is 7.05 Å². The molecular weight excluding hydrogens is 180 g/mol. The van der Waals surface area contributed by atoms with Crippen LogP contribution in [0.3, 0.4) is 0 Å². The van der Waals surface area contributed by atoms with Crippen molar-refractivity contribution in [3.63, 3.8) is 0 Å². The molecule has 6 nitrogen and oxygen atoms in total. The molecule has 2 aromatic rings. The van der Waals surface area contributed by atoms with Gasteiger partial charge in [0.05, 0.1) is 6.20 Å². The van der Waals surface area contributed by atoms with Gasteiger partial charge in [0.2, 0.25) is 0 Å². The molecule has 0 aliphatic heterocycles. The fraction of sp³-hybridized carbons (Fsp3) is 0.250. The van der Waals surface area contributed by atoms with Gasteiger partial charge < -0.3 is 5.32 Å². The number of aryl methyl sites for hydroxylation is 1. The first-order valence-electron chi connectivity index (χ1n) is 4.18. The molecule has 0 saturated carbocycles. The number of nitrogens with zero attached hydrogens (tertiary/aromatic N) is 5. The number of aromatic nitrogens is 5. The highest BCUT2D eigenvalue weighted by Gasteiger charge is 2.04. The van der Waals surface area contributed by atoms with Crippen molar-refractivity contribution in [1.29, 1.82) is 0 Å². The summed E-state index contributed by atoms with van der Waals surface area (Å²) < 4.78 is 1.66. The Balaban J connectivity index is 2.39. The Bertz CT molecular complexity index is 418. The van der Waals surface area contributed by atoms with Crippen LogP contribution in [0.5, 0.6) is 0 Å². The maximum Gasteiger partial charge on any atom is 0.148 e. The molecule has 2 aromatic heterocycles. The molecule has 0 aromatic carbocycles. The molecule has 0 saturated heterocycles. The average molecular weight is 190 g/mol. The van der Waals surface area contributed by atoms with Crippen molar-refractivity contribution in [2.45, 2.75) is 0 Å². The van der Waals surface area contributed by atoms with Gasteiger partial charge in [-0.25, -0.2) is 4.68 Å². The Morgan fingerprint density at radius 2 is 2.14 bits per heavy atom. The quantitative estimate of drug-likeness (QED) is 0.738. The molecule has 0 aliphatic rings. The first-order chi connectivity index (χ1) is 6.81. The van der Waals surface area contributed by atoms with Crippen molar-refractivity contribution in [3.05, 3.63) is 18.3 Å². The minimum Gasteiger partial charge on any atom is -0.372 e. The van der Waals surface area contributed by atoms with Crippen LogP contribution in [0, 0.1) is 0 Å². The summed E-state index contributed by atoms with van der Waals surface area (Å²) in [7, 11) is 3.62. The fourth-order valence-corrected chi connectivity index (χ4v) is 1.12. The third-order valence-corrected chi connectivity index (χ3v) is 1.90. The number of rotatable bonds is 2. The van der Waals surface area contributed by atoms with Crippen LogP contribution < -0.4 is 5.32 Å². The molecule has 0 aliphatic carbocycles. The lowest BCUT2D eigenvalue weighted by molar-refractivity contribution is 0.718. The monoisotopic (exact) mass is 190 g/mol. The lowest BCUT2D eigenvalue weighted by atomic mass is 10.3. The van der Waals surface area contributed by atoms with Gasteiger partial charge >= 0.3 is 0 Å². The summed E-state index contributed by atoms with van der Waals surface area (Å²) in [4.78, 5) is 0. The highest BCUT2D eigenvalue weighted by Crippen LogP contribution is 2.13. The van der Waals surface area contributed by atoms with Crippen molar-refractivity contribution >= 4 is 5.82 Å². The zero-order chi connectivity index (χ0) is 9.97. The highest BCUT2D eigenvalue weighted by atomic mass is 15.4. The SMILES string of the molecule is CNc1ccc(-c2cnnn2C)nn1. The van der Waals surface area contributed by atoms with Crippen LogP contribution in [0.4, 0.5) is 5.82 Å². The Kier molecular flexibility index (Phi) is 2.10. The summed E-state index contributed by atoms with van der Waals surface area (Å²) in [5, 5.41) is 18.5. The zero-order valence-corrected chi connectivity index (χ0v) is 7.97. The zero-order valence-electron chi connectivity index (χ0n) is 7.97. The van der Waals surface area contributed by atoms with Crippen LogP contribution in [0.2, 0.25) is 0 Å². The van der Waals surface area contributed by atoms with E-state index >= 15 is 0 Å². The lowest BCUT2D eigenvalue weighted by Gasteiger charge is -2.00. The molecule has 72 valence electrons. The second-order valence-corrected chi connectivity index (χ2v) is 2.80. The highest BCUT2D eigenvalue weighted by molar-refractivity contribution is 5.53. The molecule has 2 heterocycles. The van der Waals surface area contributed by atoms with Crippen LogP contribution in [0.15, 0.2) is 18.3 Å². The molecule has 0 radical (unpaired) electrons. The molecule has 0 amide bonds. The Labute approximate surface area is 81.0 Å². The Hall–Kier alpha value is -1.98. The van der Waals surface area contributed by atoms with Crippen molar-refractivity contribution < 1.29 is 0 Å². The number of hydrogen-bond acceptors (Lipinski definition) is 5. The third kappa shape index (κ3) is 1.41. The smallest absolute Gasteiger partial charge is 0.148 e. The molecule has 0 fully saturated rings. The maximum atomic E-state index is 4.04. The molecule has 0 spiro atoms. The van der Waals surface area contributed by atoms with Crippen LogP contribution in [-0.4, -0.2) is 32.2 Å². The third-order valence-electron chi connectivity index (χ3n) is 1.90. The van der Waals surface area contributed by atoms with Gasteiger partial charge in [0.1, 0.15) is 17.2 Å². The molecule has 2 rings (SSSR count). The summed E-state index contributed by atoms with van der Waals surface area (Å²) in [6.45, 7) is 0. The van der Waals surface area contributed by atoms with Gasteiger partial charge in [-0.15, -0.1) is 15.3 Å². The van der Waals surface area contributed by atoms with E-state index in [0.29, 0.717) is 0 Å². The molecule has 0 atom stereocenters. The number of anilines is 1. The molecular formula is C8H10N6. The van der Waals surface area contributed by atoms with E-state index in [1.165, 1.54) is 0 Å². The molecule has 0 bridgehead atoms. The number of hydrogen-bond donors (Lipinski definition) is 1. The van der Waals surface area contributed by atoms with Crippen molar-refractivity contribution in [1.82, 2.24) is 25.2 Å². The first kappa shape index (κ1) is 8.61. The summed E-state index contributed by atoms with van der Waals surface area (Å²) in [5.74, 6) is 0.740. The van der Waals surface area contributed by atoms with E-state index in [1.54, 1.807) is 17.9 Å². The Morgan fingerprint density at radius 3 is 2.64 bits per heavy atom.